The summed E-state index contributed by atoms with van der Waals surface area (Å²) in [7, 11) is 0. The maximum atomic E-state index is 12.3. The summed E-state index contributed by atoms with van der Waals surface area (Å²) in [5.74, 6) is 0. The number of hydrogen-bond donors (Lipinski definition) is 1. The Bertz CT molecular complexity index is 387. The average molecular weight is 289 g/mol. The number of alkyl halides is 3. The largest absolute Gasteiger partial charge is 0.414 e. The predicted octanol–water partition coefficient (Wildman–Crippen LogP) is 3.69. The van der Waals surface area contributed by atoms with E-state index in [0.29, 0.717) is 6.04 Å². The molecule has 1 unspecified atom stereocenters. The number of halogens is 3. The SMILES string of the molecule is CC(C)NCCc1ccc(COC(C)C(F)(F)F)cc1. The van der Waals surface area contributed by atoms with Crippen LogP contribution in [0, 0.1) is 0 Å². The highest BCUT2D eigenvalue weighted by molar-refractivity contribution is 5.22. The van der Waals surface area contributed by atoms with Crippen LogP contribution in [0.1, 0.15) is 31.9 Å². The summed E-state index contributed by atoms with van der Waals surface area (Å²) in [5, 5.41) is 3.32. The van der Waals surface area contributed by atoms with Crippen LogP contribution in [-0.4, -0.2) is 24.9 Å². The van der Waals surface area contributed by atoms with Gasteiger partial charge in [0.15, 0.2) is 6.10 Å². The molecule has 5 heteroatoms. The molecule has 114 valence electrons. The number of rotatable bonds is 7. The van der Waals surface area contributed by atoms with E-state index in [4.69, 9.17) is 4.74 Å². The summed E-state index contributed by atoms with van der Waals surface area (Å²) in [4.78, 5) is 0. The van der Waals surface area contributed by atoms with E-state index in [1.54, 1.807) is 0 Å². The maximum absolute atomic E-state index is 12.3. The van der Waals surface area contributed by atoms with E-state index in [9.17, 15) is 13.2 Å². The van der Waals surface area contributed by atoms with Gasteiger partial charge in [0.2, 0.25) is 0 Å². The van der Waals surface area contributed by atoms with Gasteiger partial charge in [0.05, 0.1) is 6.61 Å². The van der Waals surface area contributed by atoms with Crippen molar-refractivity contribution >= 4 is 0 Å². The molecular formula is C15H22F3NO. The lowest BCUT2D eigenvalue weighted by Gasteiger charge is -2.16. The van der Waals surface area contributed by atoms with Crippen molar-refractivity contribution in [2.75, 3.05) is 6.54 Å². The molecule has 0 aromatic heterocycles. The standard InChI is InChI=1S/C15H22F3NO/c1-11(2)19-9-8-13-4-6-14(7-5-13)10-20-12(3)15(16,17)18/h4-7,11-12,19H,8-10H2,1-3H3. The number of hydrogen-bond acceptors (Lipinski definition) is 2. The van der Waals surface area contributed by atoms with Crippen molar-refractivity contribution in [3.8, 4) is 0 Å². The van der Waals surface area contributed by atoms with Crippen LogP contribution in [0.3, 0.4) is 0 Å². The number of ether oxygens (including phenoxy) is 1. The molecule has 0 saturated heterocycles. The van der Waals surface area contributed by atoms with Crippen LogP contribution < -0.4 is 5.32 Å². The Morgan fingerprint density at radius 1 is 1.05 bits per heavy atom. The monoisotopic (exact) mass is 289 g/mol. The quantitative estimate of drug-likeness (QED) is 0.826. The Balaban J connectivity index is 2.39. The summed E-state index contributed by atoms with van der Waals surface area (Å²) in [6.07, 6.45) is -5.14. The van der Waals surface area contributed by atoms with Gasteiger partial charge in [-0.05, 0) is 31.0 Å². The van der Waals surface area contributed by atoms with Crippen molar-refractivity contribution in [3.05, 3.63) is 35.4 Å². The summed E-state index contributed by atoms with van der Waals surface area (Å²) < 4.78 is 41.7. The molecule has 0 spiro atoms. The molecule has 0 radical (unpaired) electrons. The highest BCUT2D eigenvalue weighted by atomic mass is 19.4. The normalized spacial score (nSPS) is 13.8. The lowest BCUT2D eigenvalue weighted by Crippen LogP contribution is -2.28. The van der Waals surface area contributed by atoms with Gasteiger partial charge in [0.25, 0.3) is 0 Å². The Morgan fingerprint density at radius 2 is 1.60 bits per heavy atom. The topological polar surface area (TPSA) is 21.3 Å². The van der Waals surface area contributed by atoms with Crippen molar-refractivity contribution in [2.24, 2.45) is 0 Å². The van der Waals surface area contributed by atoms with Crippen LogP contribution in [-0.2, 0) is 17.8 Å². The molecule has 2 nitrogen and oxygen atoms in total. The van der Waals surface area contributed by atoms with Gasteiger partial charge in [-0.15, -0.1) is 0 Å². The Labute approximate surface area is 118 Å². The van der Waals surface area contributed by atoms with E-state index in [2.05, 4.69) is 19.2 Å². The molecule has 0 saturated carbocycles. The molecule has 0 heterocycles. The molecule has 0 aliphatic carbocycles. The lowest BCUT2D eigenvalue weighted by atomic mass is 10.1. The second-order valence-electron chi connectivity index (χ2n) is 5.17. The van der Waals surface area contributed by atoms with Crippen molar-refractivity contribution in [1.82, 2.24) is 5.32 Å². The second-order valence-corrected chi connectivity index (χ2v) is 5.17. The highest BCUT2D eigenvalue weighted by Gasteiger charge is 2.36. The Morgan fingerprint density at radius 3 is 2.10 bits per heavy atom. The lowest BCUT2D eigenvalue weighted by molar-refractivity contribution is -0.217. The fraction of sp³-hybridized carbons (Fsp3) is 0.600. The number of nitrogens with one attached hydrogen (secondary N) is 1. The first-order valence-corrected chi connectivity index (χ1v) is 6.78. The molecule has 0 aliphatic rings. The molecule has 0 aliphatic heterocycles. The van der Waals surface area contributed by atoms with E-state index in [0.717, 1.165) is 31.0 Å². The first kappa shape index (κ1) is 17.0. The second kappa shape index (κ2) is 7.64. The van der Waals surface area contributed by atoms with E-state index in [1.165, 1.54) is 0 Å². The molecule has 1 N–H and O–H groups in total. The van der Waals surface area contributed by atoms with Gasteiger partial charge in [0, 0.05) is 6.04 Å². The Hall–Kier alpha value is -1.07. The van der Waals surface area contributed by atoms with Crippen LogP contribution in [0.2, 0.25) is 0 Å². The van der Waals surface area contributed by atoms with Crippen molar-refractivity contribution in [1.29, 1.82) is 0 Å². The van der Waals surface area contributed by atoms with Gasteiger partial charge >= 0.3 is 6.18 Å². The average Bonchev–Trinajstić information content (AvgIpc) is 2.36. The molecule has 1 atom stereocenters. The zero-order valence-corrected chi connectivity index (χ0v) is 12.1. The molecule has 0 bridgehead atoms. The van der Waals surface area contributed by atoms with Crippen molar-refractivity contribution in [2.45, 2.75) is 52.1 Å². The van der Waals surface area contributed by atoms with Crippen molar-refractivity contribution < 1.29 is 17.9 Å². The van der Waals surface area contributed by atoms with Gasteiger partial charge in [-0.3, -0.25) is 0 Å². The van der Waals surface area contributed by atoms with Crippen LogP contribution in [0.4, 0.5) is 13.2 Å². The summed E-state index contributed by atoms with van der Waals surface area (Å²) in [6, 6.07) is 7.94. The summed E-state index contributed by atoms with van der Waals surface area (Å²) in [5.41, 5.74) is 1.91. The van der Waals surface area contributed by atoms with Crippen LogP contribution >= 0.6 is 0 Å². The van der Waals surface area contributed by atoms with Gasteiger partial charge < -0.3 is 10.1 Å². The third-order valence-electron chi connectivity index (χ3n) is 2.95. The van der Waals surface area contributed by atoms with E-state index in [1.807, 2.05) is 24.3 Å². The van der Waals surface area contributed by atoms with Gasteiger partial charge in [0.1, 0.15) is 0 Å². The summed E-state index contributed by atoms with van der Waals surface area (Å²) in [6.45, 7) is 6.06. The predicted molar refractivity (Wildman–Crippen MR) is 73.6 cm³/mol. The first-order valence-electron chi connectivity index (χ1n) is 6.78. The molecule has 1 aromatic rings. The zero-order chi connectivity index (χ0) is 15.2. The summed E-state index contributed by atoms with van der Waals surface area (Å²) >= 11 is 0. The first-order chi connectivity index (χ1) is 9.29. The number of benzene rings is 1. The van der Waals surface area contributed by atoms with E-state index in [-0.39, 0.29) is 6.61 Å². The molecule has 0 fully saturated rings. The van der Waals surface area contributed by atoms with Crippen LogP contribution in [0.15, 0.2) is 24.3 Å². The van der Waals surface area contributed by atoms with E-state index < -0.39 is 12.3 Å². The minimum atomic E-state index is -4.30. The minimum absolute atomic E-state index is 0.0226. The maximum Gasteiger partial charge on any atom is 0.414 e. The molecule has 0 amide bonds. The van der Waals surface area contributed by atoms with Gasteiger partial charge in [-0.2, -0.15) is 13.2 Å². The van der Waals surface area contributed by atoms with E-state index >= 15 is 0 Å². The minimum Gasteiger partial charge on any atom is -0.364 e. The molecule has 1 aromatic carbocycles. The molecule has 1 rings (SSSR count). The smallest absolute Gasteiger partial charge is 0.364 e. The fourth-order valence-corrected chi connectivity index (χ4v) is 1.62. The van der Waals surface area contributed by atoms with Crippen molar-refractivity contribution in [3.63, 3.8) is 0 Å². The van der Waals surface area contributed by atoms with Crippen LogP contribution in [0.25, 0.3) is 0 Å². The fourth-order valence-electron chi connectivity index (χ4n) is 1.62. The zero-order valence-electron chi connectivity index (χ0n) is 12.1. The third kappa shape index (κ3) is 6.39. The third-order valence-corrected chi connectivity index (χ3v) is 2.95. The van der Waals surface area contributed by atoms with Gasteiger partial charge in [-0.1, -0.05) is 38.1 Å². The van der Waals surface area contributed by atoms with Gasteiger partial charge in [-0.25, -0.2) is 0 Å². The molecule has 20 heavy (non-hydrogen) atoms. The highest BCUT2D eigenvalue weighted by Crippen LogP contribution is 2.23. The molecular weight excluding hydrogens is 267 g/mol. The van der Waals surface area contributed by atoms with Crippen LogP contribution in [0.5, 0.6) is 0 Å². The Kier molecular flexibility index (Phi) is 6.49.